The van der Waals surface area contributed by atoms with Gasteiger partial charge in [-0.05, 0) is 52.9 Å². The van der Waals surface area contributed by atoms with Crippen molar-refractivity contribution in [2.24, 2.45) is 11.3 Å². The Labute approximate surface area is 210 Å². The first-order chi connectivity index (χ1) is 16.5. The van der Waals surface area contributed by atoms with Crippen molar-refractivity contribution in [1.29, 1.82) is 0 Å². The molecule has 0 saturated carbocycles. The number of hydrogen-bond acceptors (Lipinski definition) is 8. The van der Waals surface area contributed by atoms with Crippen LogP contribution in [0.15, 0.2) is 12.2 Å². The second-order valence-electron chi connectivity index (χ2n) is 9.37. The number of aliphatic hydroxyl groups is 3. The van der Waals surface area contributed by atoms with Gasteiger partial charge in [-0.1, -0.05) is 57.6 Å². The maximum atomic E-state index is 12.8. The molecule has 0 aromatic rings. The molecule has 0 amide bonds. The lowest BCUT2D eigenvalue weighted by molar-refractivity contribution is -0.172. The molecule has 0 radical (unpaired) electrons. The van der Waals surface area contributed by atoms with Crippen LogP contribution >= 0.6 is 0 Å². The van der Waals surface area contributed by atoms with Gasteiger partial charge in [0.1, 0.15) is 18.5 Å². The van der Waals surface area contributed by atoms with E-state index in [2.05, 4.69) is 6.92 Å². The van der Waals surface area contributed by atoms with Gasteiger partial charge in [0.05, 0.1) is 12.7 Å². The van der Waals surface area contributed by atoms with Crippen LogP contribution in [0.25, 0.3) is 0 Å². The third kappa shape index (κ3) is 11.6. The average molecular weight is 499 g/mol. The highest BCUT2D eigenvalue weighted by atomic mass is 16.5. The summed E-state index contributed by atoms with van der Waals surface area (Å²) in [6.07, 6.45) is 11.4. The predicted molar refractivity (Wildman–Crippen MR) is 134 cm³/mol. The van der Waals surface area contributed by atoms with E-state index in [9.17, 15) is 29.4 Å². The standard InChI is InChI=1S/C27H46O8/c1-5-6-7-12-15-23(32)16-13-10-8-9-11-14-17-25(20(2)29)27(21(3)30,22(4)31)26(34)35-19-24(33)18-28/h10,13,23-25,28,32-33H,5-9,11-12,14-19H2,1-4H3/b13-10-. The van der Waals surface area contributed by atoms with Gasteiger partial charge in [-0.15, -0.1) is 0 Å². The van der Waals surface area contributed by atoms with Gasteiger partial charge in [-0.25, -0.2) is 0 Å². The van der Waals surface area contributed by atoms with Gasteiger partial charge in [0.25, 0.3) is 0 Å². The number of Topliss-reactive ketones (excluding diaryl/α,β-unsaturated/α-hetero) is 3. The second-order valence-corrected chi connectivity index (χ2v) is 9.37. The van der Waals surface area contributed by atoms with Crippen molar-refractivity contribution in [2.75, 3.05) is 13.2 Å². The molecule has 8 nitrogen and oxygen atoms in total. The van der Waals surface area contributed by atoms with Gasteiger partial charge in [0, 0.05) is 5.92 Å². The number of ether oxygens (including phenoxy) is 1. The third-order valence-electron chi connectivity index (χ3n) is 6.39. The van der Waals surface area contributed by atoms with Crippen LogP contribution < -0.4 is 0 Å². The zero-order valence-electron chi connectivity index (χ0n) is 22.0. The molecule has 3 N–H and O–H groups in total. The molecule has 0 aliphatic heterocycles. The largest absolute Gasteiger partial charge is 0.462 e. The zero-order valence-corrected chi connectivity index (χ0v) is 22.0. The lowest BCUT2D eigenvalue weighted by Crippen LogP contribution is -2.53. The van der Waals surface area contributed by atoms with Crippen molar-refractivity contribution in [3.8, 4) is 0 Å². The number of carbonyl (C=O) groups excluding carboxylic acids is 4. The molecule has 0 aromatic carbocycles. The van der Waals surface area contributed by atoms with E-state index in [0.29, 0.717) is 12.8 Å². The number of unbranched alkanes of at least 4 members (excludes halogenated alkanes) is 6. The Morgan fingerprint density at radius 1 is 0.829 bits per heavy atom. The van der Waals surface area contributed by atoms with Crippen molar-refractivity contribution >= 4 is 23.3 Å². The SMILES string of the molecule is CCCCCCC(O)C/C=C\CCCCCC(C(C)=O)C(C(C)=O)(C(C)=O)C(=O)OCC(O)CO. The Bertz CT molecular complexity index is 671. The van der Waals surface area contributed by atoms with Gasteiger partial charge >= 0.3 is 5.97 Å². The molecule has 0 rings (SSSR count). The summed E-state index contributed by atoms with van der Waals surface area (Å²) in [5.74, 6) is -4.33. The van der Waals surface area contributed by atoms with E-state index in [-0.39, 0.29) is 12.5 Å². The minimum absolute atomic E-state index is 0.173. The van der Waals surface area contributed by atoms with Crippen molar-refractivity contribution in [2.45, 2.75) is 111 Å². The molecule has 35 heavy (non-hydrogen) atoms. The highest BCUT2D eigenvalue weighted by molar-refractivity contribution is 6.23. The predicted octanol–water partition coefficient (Wildman–Crippen LogP) is 3.48. The molecule has 0 fully saturated rings. The summed E-state index contributed by atoms with van der Waals surface area (Å²) < 4.78 is 4.97. The van der Waals surface area contributed by atoms with Crippen LogP contribution in [0, 0.1) is 11.3 Å². The minimum atomic E-state index is -2.26. The second kappa shape index (κ2) is 18.4. The summed E-state index contributed by atoms with van der Waals surface area (Å²) in [6.45, 7) is 4.35. The molecule has 0 aliphatic rings. The Kier molecular flexibility index (Phi) is 17.4. The first kappa shape index (κ1) is 33.1. The fourth-order valence-corrected chi connectivity index (χ4v) is 4.31. The summed E-state index contributed by atoms with van der Waals surface area (Å²) >= 11 is 0. The molecule has 0 aromatic heterocycles. The smallest absolute Gasteiger partial charge is 0.328 e. The third-order valence-corrected chi connectivity index (χ3v) is 6.39. The van der Waals surface area contributed by atoms with E-state index in [1.54, 1.807) is 0 Å². The molecule has 0 bridgehead atoms. The number of aliphatic hydroxyl groups excluding tert-OH is 3. The monoisotopic (exact) mass is 498 g/mol. The van der Waals surface area contributed by atoms with Crippen LogP contribution in [0.2, 0.25) is 0 Å². The maximum absolute atomic E-state index is 12.8. The van der Waals surface area contributed by atoms with E-state index >= 15 is 0 Å². The van der Waals surface area contributed by atoms with Crippen LogP contribution in [0.1, 0.15) is 98.3 Å². The lowest BCUT2D eigenvalue weighted by atomic mass is 9.66. The number of allylic oxidation sites excluding steroid dienone is 1. The van der Waals surface area contributed by atoms with Gasteiger partial charge < -0.3 is 20.1 Å². The number of hydrogen-bond donors (Lipinski definition) is 3. The molecule has 3 unspecified atom stereocenters. The first-order valence-electron chi connectivity index (χ1n) is 12.9. The van der Waals surface area contributed by atoms with E-state index in [1.807, 2.05) is 12.2 Å². The number of ketones is 3. The van der Waals surface area contributed by atoms with Gasteiger partial charge in [-0.3, -0.25) is 19.2 Å². The Hall–Kier alpha value is -1.90. The Morgan fingerprint density at radius 2 is 1.43 bits per heavy atom. The molecule has 202 valence electrons. The van der Waals surface area contributed by atoms with Crippen LogP contribution in [0.3, 0.4) is 0 Å². The Balaban J connectivity index is 4.85. The quantitative estimate of drug-likeness (QED) is 0.0946. The lowest BCUT2D eigenvalue weighted by Gasteiger charge is -2.33. The van der Waals surface area contributed by atoms with E-state index < -0.39 is 54.0 Å². The summed E-state index contributed by atoms with van der Waals surface area (Å²) in [5, 5.41) is 28.4. The fourth-order valence-electron chi connectivity index (χ4n) is 4.31. The van der Waals surface area contributed by atoms with Crippen LogP contribution in [-0.4, -0.2) is 64.1 Å². The molecule has 0 spiro atoms. The molecule has 8 heteroatoms. The van der Waals surface area contributed by atoms with E-state index in [0.717, 1.165) is 52.4 Å². The average Bonchev–Trinajstić information content (AvgIpc) is 2.80. The van der Waals surface area contributed by atoms with Gasteiger partial charge in [0.15, 0.2) is 17.0 Å². The van der Waals surface area contributed by atoms with Crippen molar-refractivity contribution < 1.29 is 39.2 Å². The topological polar surface area (TPSA) is 138 Å². The van der Waals surface area contributed by atoms with Crippen molar-refractivity contribution in [3.05, 3.63) is 12.2 Å². The van der Waals surface area contributed by atoms with Crippen LogP contribution in [0.4, 0.5) is 0 Å². The first-order valence-corrected chi connectivity index (χ1v) is 12.9. The molecule has 3 atom stereocenters. The molecule has 0 heterocycles. The summed E-state index contributed by atoms with van der Waals surface area (Å²) in [6, 6.07) is 0. The normalized spacial score (nSPS) is 14.5. The Morgan fingerprint density at radius 3 is 1.97 bits per heavy atom. The number of rotatable bonds is 21. The minimum Gasteiger partial charge on any atom is -0.462 e. The molecular formula is C27H46O8. The van der Waals surface area contributed by atoms with Crippen molar-refractivity contribution in [1.82, 2.24) is 0 Å². The van der Waals surface area contributed by atoms with Gasteiger partial charge in [0.2, 0.25) is 0 Å². The molecule has 0 saturated heterocycles. The van der Waals surface area contributed by atoms with E-state index in [1.165, 1.54) is 19.8 Å². The number of carbonyl (C=O) groups is 4. The van der Waals surface area contributed by atoms with E-state index in [4.69, 9.17) is 9.84 Å². The maximum Gasteiger partial charge on any atom is 0.328 e. The zero-order chi connectivity index (χ0) is 26.9. The van der Waals surface area contributed by atoms with Crippen LogP contribution in [0.5, 0.6) is 0 Å². The summed E-state index contributed by atoms with van der Waals surface area (Å²) in [5.41, 5.74) is -2.26. The highest BCUT2D eigenvalue weighted by Crippen LogP contribution is 2.37. The summed E-state index contributed by atoms with van der Waals surface area (Å²) in [4.78, 5) is 50.4. The molecular weight excluding hydrogens is 452 g/mol. The van der Waals surface area contributed by atoms with Gasteiger partial charge in [-0.2, -0.15) is 0 Å². The molecule has 0 aliphatic carbocycles. The highest BCUT2D eigenvalue weighted by Gasteiger charge is 2.57. The summed E-state index contributed by atoms with van der Waals surface area (Å²) in [7, 11) is 0. The van der Waals surface area contributed by atoms with Crippen LogP contribution in [-0.2, 0) is 23.9 Å². The fraction of sp³-hybridized carbons (Fsp3) is 0.778. The van der Waals surface area contributed by atoms with Crippen molar-refractivity contribution in [3.63, 3.8) is 0 Å². The number of esters is 1.